The van der Waals surface area contributed by atoms with Gasteiger partial charge in [-0.15, -0.1) is 0 Å². The van der Waals surface area contributed by atoms with Crippen LogP contribution in [-0.2, 0) is 11.2 Å². The van der Waals surface area contributed by atoms with Crippen molar-refractivity contribution >= 4 is 11.8 Å². The van der Waals surface area contributed by atoms with Crippen LogP contribution in [0.3, 0.4) is 0 Å². The second kappa shape index (κ2) is 8.21. The normalized spacial score (nSPS) is 23.4. The summed E-state index contributed by atoms with van der Waals surface area (Å²) in [5.74, 6) is 0.325. The van der Waals surface area contributed by atoms with E-state index in [9.17, 15) is 9.59 Å². The number of hydrogen-bond acceptors (Lipinski definition) is 5. The Morgan fingerprint density at radius 2 is 1.90 bits per heavy atom. The molecule has 1 aromatic carbocycles. The summed E-state index contributed by atoms with van der Waals surface area (Å²) in [7, 11) is 0. The number of nitrogens with two attached hydrogens (primary N) is 2. The number of aromatic nitrogens is 1. The minimum absolute atomic E-state index is 0.0788. The number of aryl methyl sites for hydroxylation is 1. The van der Waals surface area contributed by atoms with E-state index >= 15 is 0 Å². The van der Waals surface area contributed by atoms with Crippen molar-refractivity contribution in [2.75, 3.05) is 0 Å². The smallest absolute Gasteiger partial charge is 0.250 e. The highest BCUT2D eigenvalue weighted by Crippen LogP contribution is 2.36. The Balaban J connectivity index is 1.44. The zero-order valence-corrected chi connectivity index (χ0v) is 16.3. The quantitative estimate of drug-likeness (QED) is 0.695. The number of pyridine rings is 1. The van der Waals surface area contributed by atoms with Gasteiger partial charge in [0.1, 0.15) is 5.75 Å². The van der Waals surface area contributed by atoms with Gasteiger partial charge in [0.15, 0.2) is 0 Å². The molecule has 0 bridgehead atoms. The van der Waals surface area contributed by atoms with E-state index in [1.807, 2.05) is 12.1 Å². The lowest BCUT2D eigenvalue weighted by Crippen LogP contribution is -2.45. The van der Waals surface area contributed by atoms with Gasteiger partial charge in [-0.05, 0) is 55.0 Å². The summed E-state index contributed by atoms with van der Waals surface area (Å²) in [5, 5.41) is 3.69. The Hall–Kier alpha value is -2.93. The van der Waals surface area contributed by atoms with Crippen LogP contribution < -0.4 is 21.5 Å². The predicted octanol–water partition coefficient (Wildman–Crippen LogP) is 2.59. The van der Waals surface area contributed by atoms with Crippen molar-refractivity contribution in [3.8, 4) is 11.6 Å². The highest BCUT2D eigenvalue weighted by molar-refractivity contribution is 5.92. The van der Waals surface area contributed by atoms with Crippen molar-refractivity contribution in [3.05, 3.63) is 53.2 Å². The molecule has 7 heteroatoms. The average molecular weight is 394 g/mol. The van der Waals surface area contributed by atoms with Gasteiger partial charge >= 0.3 is 0 Å². The minimum Gasteiger partial charge on any atom is -0.439 e. The van der Waals surface area contributed by atoms with Crippen molar-refractivity contribution < 1.29 is 14.3 Å². The van der Waals surface area contributed by atoms with Crippen LogP contribution in [0.1, 0.15) is 59.6 Å². The van der Waals surface area contributed by atoms with Crippen LogP contribution in [0.5, 0.6) is 11.6 Å². The molecule has 1 fully saturated rings. The molecule has 1 heterocycles. The number of rotatable bonds is 6. The van der Waals surface area contributed by atoms with Crippen molar-refractivity contribution in [3.63, 3.8) is 0 Å². The Labute approximate surface area is 169 Å². The number of amides is 2. The molecule has 7 nitrogen and oxygen atoms in total. The van der Waals surface area contributed by atoms with Crippen LogP contribution in [-0.4, -0.2) is 22.8 Å². The lowest BCUT2D eigenvalue weighted by Gasteiger charge is -2.32. The molecule has 2 aromatic rings. The van der Waals surface area contributed by atoms with Gasteiger partial charge < -0.3 is 21.5 Å². The first-order valence-corrected chi connectivity index (χ1v) is 10.1. The van der Waals surface area contributed by atoms with Crippen LogP contribution >= 0.6 is 0 Å². The topological polar surface area (TPSA) is 120 Å². The Morgan fingerprint density at radius 3 is 2.62 bits per heavy atom. The maximum Gasteiger partial charge on any atom is 0.250 e. The average Bonchev–Trinajstić information content (AvgIpc) is 3.10. The largest absolute Gasteiger partial charge is 0.439 e. The maximum absolute atomic E-state index is 11.8. The first-order valence-electron chi connectivity index (χ1n) is 10.1. The van der Waals surface area contributed by atoms with Crippen molar-refractivity contribution in [2.24, 2.45) is 17.4 Å². The number of ether oxygens (including phenoxy) is 1. The minimum atomic E-state index is -0.517. The van der Waals surface area contributed by atoms with Gasteiger partial charge in [0.05, 0.1) is 11.5 Å². The Kier molecular flexibility index (Phi) is 5.49. The standard InChI is InChI=1S/C22H26N4O3/c23-21(27)14-6-10-20(25-12-14)29-15-7-8-16-13(11-15)5-9-19(16)26-18-4-2-1-3-17(18)22(24)28/h6-8,10-12,17-19,26H,1-5,9H2,(H2,23,27)(H2,24,28). The third-order valence-corrected chi connectivity index (χ3v) is 5.98. The molecule has 29 heavy (non-hydrogen) atoms. The summed E-state index contributed by atoms with van der Waals surface area (Å²) in [6.07, 6.45) is 7.43. The molecule has 2 aliphatic rings. The fourth-order valence-electron chi connectivity index (χ4n) is 4.47. The SMILES string of the molecule is NC(=O)c1ccc(Oc2ccc3c(c2)CCC3NC2CCCCC2C(N)=O)nc1. The second-order valence-corrected chi connectivity index (χ2v) is 7.87. The number of carbonyl (C=O) groups is 2. The van der Waals surface area contributed by atoms with Crippen LogP contribution in [0.25, 0.3) is 0 Å². The van der Waals surface area contributed by atoms with Crippen LogP contribution in [0.2, 0.25) is 0 Å². The van der Waals surface area contributed by atoms with E-state index < -0.39 is 5.91 Å². The molecule has 0 saturated heterocycles. The second-order valence-electron chi connectivity index (χ2n) is 7.87. The summed E-state index contributed by atoms with van der Waals surface area (Å²) in [4.78, 5) is 27.1. The van der Waals surface area contributed by atoms with E-state index in [4.69, 9.17) is 16.2 Å². The number of hydrogen-bond donors (Lipinski definition) is 3. The van der Waals surface area contributed by atoms with E-state index in [1.54, 1.807) is 12.1 Å². The first-order chi connectivity index (χ1) is 14.0. The van der Waals surface area contributed by atoms with Gasteiger partial charge in [-0.2, -0.15) is 0 Å². The third-order valence-electron chi connectivity index (χ3n) is 5.98. The number of nitrogens with zero attached hydrogens (tertiary/aromatic N) is 1. The molecule has 2 aliphatic carbocycles. The van der Waals surface area contributed by atoms with Gasteiger partial charge in [0, 0.05) is 24.3 Å². The van der Waals surface area contributed by atoms with Gasteiger partial charge in [-0.1, -0.05) is 18.9 Å². The summed E-state index contributed by atoms with van der Waals surface area (Å²) in [6.45, 7) is 0. The molecule has 4 rings (SSSR count). The predicted molar refractivity (Wildman–Crippen MR) is 108 cm³/mol. The lowest BCUT2D eigenvalue weighted by molar-refractivity contribution is -0.123. The molecule has 1 aromatic heterocycles. The number of benzene rings is 1. The monoisotopic (exact) mass is 394 g/mol. The molecule has 5 N–H and O–H groups in total. The Morgan fingerprint density at radius 1 is 1.07 bits per heavy atom. The number of carbonyl (C=O) groups excluding carboxylic acids is 2. The number of nitrogens with one attached hydrogen (secondary N) is 1. The van der Waals surface area contributed by atoms with Crippen molar-refractivity contribution in [1.82, 2.24) is 10.3 Å². The Bertz CT molecular complexity index is 913. The first kappa shape index (κ1) is 19.4. The van der Waals surface area contributed by atoms with E-state index in [0.717, 1.165) is 38.5 Å². The molecular formula is C22H26N4O3. The lowest BCUT2D eigenvalue weighted by atomic mass is 9.83. The fourth-order valence-corrected chi connectivity index (χ4v) is 4.47. The van der Waals surface area contributed by atoms with Gasteiger partial charge in [0.2, 0.25) is 17.7 Å². The summed E-state index contributed by atoms with van der Waals surface area (Å²) in [6, 6.07) is 9.65. The summed E-state index contributed by atoms with van der Waals surface area (Å²) in [5.41, 5.74) is 13.7. The van der Waals surface area contributed by atoms with Crippen molar-refractivity contribution in [1.29, 1.82) is 0 Å². The third kappa shape index (κ3) is 4.24. The molecular weight excluding hydrogens is 368 g/mol. The summed E-state index contributed by atoms with van der Waals surface area (Å²) >= 11 is 0. The van der Waals surface area contributed by atoms with Crippen LogP contribution in [0, 0.1) is 5.92 Å². The van der Waals surface area contributed by atoms with Crippen molar-refractivity contribution in [2.45, 2.75) is 50.6 Å². The van der Waals surface area contributed by atoms with Crippen LogP contribution in [0.4, 0.5) is 0 Å². The molecule has 3 unspecified atom stereocenters. The molecule has 152 valence electrons. The van der Waals surface area contributed by atoms with E-state index in [2.05, 4.69) is 16.4 Å². The maximum atomic E-state index is 11.8. The number of fused-ring (bicyclic) bond motifs is 1. The van der Waals surface area contributed by atoms with Gasteiger partial charge in [-0.3, -0.25) is 9.59 Å². The molecule has 0 aliphatic heterocycles. The van der Waals surface area contributed by atoms with Gasteiger partial charge in [-0.25, -0.2) is 4.98 Å². The number of primary amides is 2. The van der Waals surface area contributed by atoms with E-state index in [1.165, 1.54) is 17.3 Å². The van der Waals surface area contributed by atoms with E-state index in [0.29, 0.717) is 17.2 Å². The summed E-state index contributed by atoms with van der Waals surface area (Å²) < 4.78 is 5.83. The zero-order chi connectivity index (χ0) is 20.4. The molecule has 0 spiro atoms. The molecule has 3 atom stereocenters. The van der Waals surface area contributed by atoms with Crippen LogP contribution in [0.15, 0.2) is 36.5 Å². The van der Waals surface area contributed by atoms with Gasteiger partial charge in [0.25, 0.3) is 0 Å². The molecule has 2 amide bonds. The molecule has 0 radical (unpaired) electrons. The zero-order valence-electron chi connectivity index (χ0n) is 16.3. The molecule has 1 saturated carbocycles. The van der Waals surface area contributed by atoms with E-state index in [-0.39, 0.29) is 23.9 Å². The highest BCUT2D eigenvalue weighted by atomic mass is 16.5. The highest BCUT2D eigenvalue weighted by Gasteiger charge is 2.33. The fraction of sp³-hybridized carbons (Fsp3) is 0.409.